The molecule has 0 fully saturated rings. The summed E-state index contributed by atoms with van der Waals surface area (Å²) < 4.78 is 0. The van der Waals surface area contributed by atoms with Crippen molar-refractivity contribution in [2.75, 3.05) is 7.05 Å². The highest BCUT2D eigenvalue weighted by Crippen LogP contribution is 2.02. The minimum absolute atomic E-state index is 0.596. The van der Waals surface area contributed by atoms with Gasteiger partial charge < -0.3 is 4.90 Å². The molecule has 0 aliphatic heterocycles. The zero-order valence-corrected chi connectivity index (χ0v) is 7.54. The van der Waals surface area contributed by atoms with E-state index in [2.05, 4.69) is 12.1 Å². The molecule has 2 nitrogen and oxygen atoms in total. The van der Waals surface area contributed by atoms with Crippen LogP contribution in [0.15, 0.2) is 30.3 Å². The van der Waals surface area contributed by atoms with Gasteiger partial charge in [0.15, 0.2) is 0 Å². The van der Waals surface area contributed by atoms with E-state index >= 15 is 0 Å². The Balaban J connectivity index is 2.58. The molecule has 1 N–H and O–H groups in total. The summed E-state index contributed by atoms with van der Waals surface area (Å²) in [6, 6.07) is 10.2. The number of benzene rings is 1. The maximum absolute atomic E-state index is 7.38. The van der Waals surface area contributed by atoms with Crippen molar-refractivity contribution in [3.63, 3.8) is 0 Å². The molecule has 0 aliphatic carbocycles. The smallest absolute Gasteiger partial charge is 0.0926 e. The van der Waals surface area contributed by atoms with Crippen LogP contribution in [0.4, 0.5) is 0 Å². The summed E-state index contributed by atoms with van der Waals surface area (Å²) in [5, 5.41) is 7.38. The molecule has 0 heterocycles. The van der Waals surface area contributed by atoms with Gasteiger partial charge in [-0.2, -0.15) is 0 Å². The second-order valence-electron chi connectivity index (χ2n) is 2.93. The number of hydrogen-bond donors (Lipinski definition) is 1. The first-order valence-electron chi connectivity index (χ1n) is 4.00. The number of amidine groups is 1. The summed E-state index contributed by atoms with van der Waals surface area (Å²) in [6.07, 6.45) is 0. The third kappa shape index (κ3) is 2.38. The van der Waals surface area contributed by atoms with Crippen molar-refractivity contribution in [2.24, 2.45) is 0 Å². The van der Waals surface area contributed by atoms with Gasteiger partial charge in [0, 0.05) is 13.6 Å². The van der Waals surface area contributed by atoms with Gasteiger partial charge in [-0.05, 0) is 12.5 Å². The molecule has 1 rings (SSSR count). The molecule has 1 aromatic carbocycles. The first kappa shape index (κ1) is 8.78. The Morgan fingerprint density at radius 2 is 1.92 bits per heavy atom. The fraction of sp³-hybridized carbons (Fsp3) is 0.300. The lowest BCUT2D eigenvalue weighted by atomic mass is 10.2. The molecular formula is C10H14N2. The van der Waals surface area contributed by atoms with Crippen LogP contribution in [0.25, 0.3) is 0 Å². The van der Waals surface area contributed by atoms with Crippen molar-refractivity contribution < 1.29 is 0 Å². The molecule has 0 unspecified atom stereocenters. The molecule has 1 aromatic rings. The number of rotatable bonds is 2. The minimum Gasteiger partial charge on any atom is -0.360 e. The van der Waals surface area contributed by atoms with Gasteiger partial charge in [-0.25, -0.2) is 0 Å². The largest absolute Gasteiger partial charge is 0.360 e. The maximum Gasteiger partial charge on any atom is 0.0926 e. The van der Waals surface area contributed by atoms with Crippen LogP contribution in [0.5, 0.6) is 0 Å². The van der Waals surface area contributed by atoms with E-state index in [0.717, 1.165) is 6.54 Å². The topological polar surface area (TPSA) is 27.1 Å². The predicted octanol–water partition coefficient (Wildman–Crippen LogP) is 2.12. The molecule has 0 spiro atoms. The Morgan fingerprint density at radius 1 is 1.33 bits per heavy atom. The third-order valence-electron chi connectivity index (χ3n) is 1.84. The lowest BCUT2D eigenvalue weighted by Gasteiger charge is -2.16. The van der Waals surface area contributed by atoms with Gasteiger partial charge in [-0.15, -0.1) is 0 Å². The molecule has 0 saturated carbocycles. The highest BCUT2D eigenvalue weighted by atomic mass is 15.1. The Bertz CT molecular complexity index is 254. The summed E-state index contributed by atoms with van der Waals surface area (Å²) >= 11 is 0. The Labute approximate surface area is 73.3 Å². The van der Waals surface area contributed by atoms with Gasteiger partial charge in [0.2, 0.25) is 0 Å². The summed E-state index contributed by atoms with van der Waals surface area (Å²) in [6.45, 7) is 2.61. The molecule has 0 saturated heterocycles. The third-order valence-corrected chi connectivity index (χ3v) is 1.84. The zero-order valence-electron chi connectivity index (χ0n) is 7.54. The SMILES string of the molecule is CC(=N)N(C)Cc1ccccc1. The van der Waals surface area contributed by atoms with E-state index in [4.69, 9.17) is 5.41 Å². The molecule has 12 heavy (non-hydrogen) atoms. The van der Waals surface area contributed by atoms with Crippen molar-refractivity contribution in [1.29, 1.82) is 5.41 Å². The zero-order chi connectivity index (χ0) is 8.97. The standard InChI is InChI=1S/C10H14N2/c1-9(11)12(2)8-10-6-4-3-5-7-10/h3-7,11H,8H2,1-2H3. The van der Waals surface area contributed by atoms with Gasteiger partial charge in [-0.3, -0.25) is 5.41 Å². The fourth-order valence-electron chi connectivity index (χ4n) is 0.976. The van der Waals surface area contributed by atoms with Crippen LogP contribution in [-0.4, -0.2) is 17.8 Å². The lowest BCUT2D eigenvalue weighted by molar-refractivity contribution is 0.494. The van der Waals surface area contributed by atoms with Gasteiger partial charge in [-0.1, -0.05) is 30.3 Å². The van der Waals surface area contributed by atoms with Crippen LogP contribution >= 0.6 is 0 Å². The summed E-state index contributed by atoms with van der Waals surface area (Å²) in [7, 11) is 1.93. The number of nitrogens with one attached hydrogen (secondary N) is 1. The van der Waals surface area contributed by atoms with Crippen LogP contribution in [0.3, 0.4) is 0 Å². The summed E-state index contributed by atoms with van der Waals surface area (Å²) in [5.74, 6) is 0.596. The molecule has 0 aromatic heterocycles. The van der Waals surface area contributed by atoms with E-state index in [1.54, 1.807) is 6.92 Å². The summed E-state index contributed by atoms with van der Waals surface area (Å²) in [4.78, 5) is 1.91. The van der Waals surface area contributed by atoms with Crippen molar-refractivity contribution in [2.45, 2.75) is 13.5 Å². The van der Waals surface area contributed by atoms with E-state index < -0.39 is 0 Å². The first-order chi connectivity index (χ1) is 5.70. The van der Waals surface area contributed by atoms with E-state index in [1.807, 2.05) is 30.1 Å². The van der Waals surface area contributed by atoms with E-state index in [9.17, 15) is 0 Å². The van der Waals surface area contributed by atoms with Crippen molar-refractivity contribution in [3.8, 4) is 0 Å². The van der Waals surface area contributed by atoms with Crippen LogP contribution in [-0.2, 0) is 6.54 Å². The normalized spacial score (nSPS) is 9.50. The second kappa shape index (κ2) is 3.90. The molecule has 64 valence electrons. The summed E-state index contributed by atoms with van der Waals surface area (Å²) in [5.41, 5.74) is 1.24. The number of hydrogen-bond acceptors (Lipinski definition) is 1. The van der Waals surface area contributed by atoms with E-state index in [0.29, 0.717) is 5.84 Å². The van der Waals surface area contributed by atoms with Crippen molar-refractivity contribution >= 4 is 5.84 Å². The highest BCUT2D eigenvalue weighted by molar-refractivity contribution is 5.75. The van der Waals surface area contributed by atoms with E-state index in [1.165, 1.54) is 5.56 Å². The van der Waals surface area contributed by atoms with Gasteiger partial charge >= 0.3 is 0 Å². The van der Waals surface area contributed by atoms with Gasteiger partial charge in [0.25, 0.3) is 0 Å². The van der Waals surface area contributed by atoms with Crippen LogP contribution < -0.4 is 0 Å². The predicted molar refractivity (Wildman–Crippen MR) is 51.3 cm³/mol. The van der Waals surface area contributed by atoms with Crippen LogP contribution in [0, 0.1) is 5.41 Å². The van der Waals surface area contributed by atoms with Gasteiger partial charge in [0.1, 0.15) is 0 Å². The van der Waals surface area contributed by atoms with E-state index in [-0.39, 0.29) is 0 Å². The highest BCUT2D eigenvalue weighted by Gasteiger charge is 1.98. The monoisotopic (exact) mass is 162 g/mol. The fourth-order valence-corrected chi connectivity index (χ4v) is 0.976. The first-order valence-corrected chi connectivity index (χ1v) is 4.00. The Morgan fingerprint density at radius 3 is 2.42 bits per heavy atom. The molecular weight excluding hydrogens is 148 g/mol. The van der Waals surface area contributed by atoms with Crippen LogP contribution in [0.1, 0.15) is 12.5 Å². The molecule has 0 amide bonds. The van der Waals surface area contributed by atoms with Crippen LogP contribution in [0.2, 0.25) is 0 Å². The Hall–Kier alpha value is -1.31. The Kier molecular flexibility index (Phi) is 2.86. The molecule has 0 atom stereocenters. The number of nitrogens with zero attached hydrogens (tertiary/aromatic N) is 1. The molecule has 2 heteroatoms. The van der Waals surface area contributed by atoms with Crippen molar-refractivity contribution in [1.82, 2.24) is 4.90 Å². The minimum atomic E-state index is 0.596. The second-order valence-corrected chi connectivity index (χ2v) is 2.93. The average Bonchev–Trinajstić information content (AvgIpc) is 2.06. The van der Waals surface area contributed by atoms with Crippen molar-refractivity contribution in [3.05, 3.63) is 35.9 Å². The maximum atomic E-state index is 7.38. The molecule has 0 bridgehead atoms. The van der Waals surface area contributed by atoms with Gasteiger partial charge in [0.05, 0.1) is 5.84 Å². The average molecular weight is 162 g/mol. The quantitative estimate of drug-likeness (QED) is 0.523. The lowest BCUT2D eigenvalue weighted by Crippen LogP contribution is -2.22. The molecule has 0 aliphatic rings. The molecule has 0 radical (unpaired) electrons.